The van der Waals surface area contributed by atoms with Crippen LogP contribution in [0.3, 0.4) is 0 Å². The summed E-state index contributed by atoms with van der Waals surface area (Å²) in [5, 5.41) is 0.206. The van der Waals surface area contributed by atoms with Crippen LogP contribution in [-0.2, 0) is 10.0 Å². The lowest BCUT2D eigenvalue weighted by atomic mass is 9.86. The first kappa shape index (κ1) is 15.0. The van der Waals surface area contributed by atoms with Gasteiger partial charge in [0.1, 0.15) is 4.90 Å². The Bertz CT molecular complexity index is 637. The van der Waals surface area contributed by atoms with E-state index in [9.17, 15) is 8.42 Å². The molecule has 0 bridgehead atoms. The van der Waals surface area contributed by atoms with Crippen LogP contribution in [0.5, 0.6) is 0 Å². The van der Waals surface area contributed by atoms with Gasteiger partial charge in [0.25, 0.3) is 0 Å². The van der Waals surface area contributed by atoms with Gasteiger partial charge in [-0.25, -0.2) is 19.2 Å². The number of nitrogen functional groups attached to an aromatic ring is 1. The Hall–Kier alpha value is -0.890. The summed E-state index contributed by atoms with van der Waals surface area (Å²) in [5.74, 6) is 6.04. The topological polar surface area (TPSA) is 88.3 Å². The molecule has 0 aromatic carbocycles. The van der Waals surface area contributed by atoms with E-state index in [2.05, 4.69) is 10.4 Å². The molecule has 1 aromatic heterocycles. The van der Waals surface area contributed by atoms with E-state index < -0.39 is 10.0 Å². The lowest BCUT2D eigenvalue weighted by Crippen LogP contribution is -2.39. The van der Waals surface area contributed by atoms with E-state index >= 15 is 0 Å². The first-order valence-corrected chi connectivity index (χ1v) is 9.00. The molecule has 116 valence electrons. The Kier molecular flexibility index (Phi) is 4.09. The van der Waals surface area contributed by atoms with E-state index in [-0.39, 0.29) is 21.8 Å². The summed E-state index contributed by atoms with van der Waals surface area (Å²) in [6.07, 6.45) is 6.65. The lowest BCUT2D eigenvalue weighted by molar-refractivity contribution is 0.260. The third-order valence-corrected chi connectivity index (χ3v) is 6.70. The largest absolute Gasteiger partial charge is 0.307 e. The number of aromatic nitrogens is 1. The van der Waals surface area contributed by atoms with Gasteiger partial charge in [-0.1, -0.05) is 24.4 Å². The SMILES string of the molecule is NNc1ncc(S(=O)(=O)N2CCC3CCCCC32)cc1Cl. The zero-order valence-corrected chi connectivity index (χ0v) is 13.2. The van der Waals surface area contributed by atoms with Crippen LogP contribution in [-0.4, -0.2) is 30.3 Å². The Morgan fingerprint density at radius 1 is 1.33 bits per heavy atom. The number of nitrogens with one attached hydrogen (secondary N) is 1. The van der Waals surface area contributed by atoms with Gasteiger partial charge in [-0.05, 0) is 31.2 Å². The van der Waals surface area contributed by atoms with Gasteiger partial charge < -0.3 is 5.43 Å². The number of hydrogen-bond donors (Lipinski definition) is 2. The fraction of sp³-hybridized carbons (Fsp3) is 0.615. The van der Waals surface area contributed by atoms with Crippen LogP contribution in [0.1, 0.15) is 32.1 Å². The molecule has 2 heterocycles. The second-order valence-electron chi connectivity index (χ2n) is 5.66. The number of sulfonamides is 1. The molecule has 0 spiro atoms. The summed E-state index contributed by atoms with van der Waals surface area (Å²) in [4.78, 5) is 4.10. The van der Waals surface area contributed by atoms with Gasteiger partial charge in [0.15, 0.2) is 5.82 Å². The molecule has 1 saturated carbocycles. The van der Waals surface area contributed by atoms with E-state index in [0.29, 0.717) is 12.5 Å². The standard InChI is InChI=1S/C13H19ClN4O2S/c14-11-7-10(8-16-13(11)17-15)21(19,20)18-6-5-9-3-1-2-4-12(9)18/h7-9,12H,1-6,15H2,(H,16,17). The van der Waals surface area contributed by atoms with Crippen molar-refractivity contribution in [2.24, 2.45) is 11.8 Å². The predicted octanol–water partition coefficient (Wildman–Crippen LogP) is 1.97. The molecule has 6 nitrogen and oxygen atoms in total. The monoisotopic (exact) mass is 330 g/mol. The van der Waals surface area contributed by atoms with Crippen molar-refractivity contribution < 1.29 is 8.42 Å². The third kappa shape index (κ3) is 2.63. The van der Waals surface area contributed by atoms with Gasteiger partial charge in [-0.3, -0.25) is 0 Å². The van der Waals surface area contributed by atoms with E-state index in [1.165, 1.54) is 18.7 Å². The van der Waals surface area contributed by atoms with Crippen LogP contribution in [0.25, 0.3) is 0 Å². The van der Waals surface area contributed by atoms with Crippen molar-refractivity contribution >= 4 is 27.4 Å². The normalized spacial score (nSPS) is 26.6. The van der Waals surface area contributed by atoms with Gasteiger partial charge in [0, 0.05) is 18.8 Å². The van der Waals surface area contributed by atoms with Crippen molar-refractivity contribution in [3.8, 4) is 0 Å². The average Bonchev–Trinajstić information content (AvgIpc) is 2.91. The highest BCUT2D eigenvalue weighted by Gasteiger charge is 2.42. The maximum absolute atomic E-state index is 12.8. The molecule has 2 aliphatic rings. The second kappa shape index (κ2) is 5.72. The molecule has 8 heteroatoms. The lowest BCUT2D eigenvalue weighted by Gasteiger charge is -2.31. The van der Waals surface area contributed by atoms with Crippen LogP contribution in [0.4, 0.5) is 5.82 Å². The summed E-state index contributed by atoms with van der Waals surface area (Å²) < 4.78 is 27.3. The van der Waals surface area contributed by atoms with Gasteiger partial charge in [0.05, 0.1) is 5.02 Å². The fourth-order valence-corrected chi connectivity index (χ4v) is 5.45. The summed E-state index contributed by atoms with van der Waals surface area (Å²) in [6.45, 7) is 0.589. The molecule has 1 saturated heterocycles. The fourth-order valence-electron chi connectivity index (χ4n) is 3.46. The molecule has 3 N–H and O–H groups in total. The van der Waals surface area contributed by atoms with Crippen LogP contribution in [0.2, 0.25) is 5.02 Å². The molecular weight excluding hydrogens is 312 g/mol. The molecule has 0 amide bonds. The van der Waals surface area contributed by atoms with Crippen molar-refractivity contribution in [2.75, 3.05) is 12.0 Å². The zero-order chi connectivity index (χ0) is 15.0. The third-order valence-electron chi connectivity index (χ3n) is 4.52. The van der Waals surface area contributed by atoms with Gasteiger partial charge in [-0.2, -0.15) is 4.31 Å². The highest BCUT2D eigenvalue weighted by atomic mass is 35.5. The summed E-state index contributed by atoms with van der Waals surface area (Å²) in [7, 11) is -3.54. The van der Waals surface area contributed by atoms with Gasteiger partial charge in [-0.15, -0.1) is 0 Å². The van der Waals surface area contributed by atoms with E-state index in [0.717, 1.165) is 25.7 Å². The second-order valence-corrected chi connectivity index (χ2v) is 7.96. The molecule has 21 heavy (non-hydrogen) atoms. The molecule has 2 atom stereocenters. The number of hydrazine groups is 1. The predicted molar refractivity (Wildman–Crippen MR) is 81.3 cm³/mol. The first-order chi connectivity index (χ1) is 10.0. The quantitative estimate of drug-likeness (QED) is 0.653. The number of rotatable bonds is 3. The number of nitrogens with two attached hydrogens (primary N) is 1. The van der Waals surface area contributed by atoms with Crippen molar-refractivity contribution in [1.29, 1.82) is 0 Å². The van der Waals surface area contributed by atoms with Crippen molar-refractivity contribution in [2.45, 2.75) is 43.0 Å². The first-order valence-electron chi connectivity index (χ1n) is 7.18. The molecule has 1 aliphatic carbocycles. The number of hydrogen-bond acceptors (Lipinski definition) is 5. The highest BCUT2D eigenvalue weighted by molar-refractivity contribution is 7.89. The zero-order valence-electron chi connectivity index (χ0n) is 11.6. The Morgan fingerprint density at radius 2 is 2.10 bits per heavy atom. The number of halogens is 1. The van der Waals surface area contributed by atoms with Crippen molar-refractivity contribution in [3.05, 3.63) is 17.3 Å². The van der Waals surface area contributed by atoms with Gasteiger partial charge in [0.2, 0.25) is 10.0 Å². The van der Waals surface area contributed by atoms with E-state index in [1.807, 2.05) is 0 Å². The Labute approximate surface area is 129 Å². The molecule has 2 fully saturated rings. The molecule has 1 aromatic rings. The summed E-state index contributed by atoms with van der Waals surface area (Å²) >= 11 is 5.99. The van der Waals surface area contributed by atoms with Crippen LogP contribution < -0.4 is 11.3 Å². The highest BCUT2D eigenvalue weighted by Crippen LogP contribution is 2.39. The van der Waals surface area contributed by atoms with E-state index in [1.54, 1.807) is 4.31 Å². The minimum atomic E-state index is -3.54. The minimum absolute atomic E-state index is 0.134. The maximum atomic E-state index is 12.8. The average molecular weight is 331 g/mol. The Balaban J connectivity index is 1.91. The Morgan fingerprint density at radius 3 is 2.81 bits per heavy atom. The minimum Gasteiger partial charge on any atom is -0.307 e. The summed E-state index contributed by atoms with van der Waals surface area (Å²) in [5.41, 5.74) is 2.34. The molecule has 1 aliphatic heterocycles. The van der Waals surface area contributed by atoms with Crippen LogP contribution >= 0.6 is 11.6 Å². The molecule has 2 unspecified atom stereocenters. The molecular formula is C13H19ClN4O2S. The van der Waals surface area contributed by atoms with Crippen LogP contribution in [0.15, 0.2) is 17.2 Å². The number of anilines is 1. The van der Waals surface area contributed by atoms with E-state index in [4.69, 9.17) is 17.4 Å². The number of pyridine rings is 1. The molecule has 3 rings (SSSR count). The molecule has 0 radical (unpaired) electrons. The van der Waals surface area contributed by atoms with Crippen LogP contribution in [0, 0.1) is 5.92 Å². The van der Waals surface area contributed by atoms with Crippen molar-refractivity contribution in [1.82, 2.24) is 9.29 Å². The maximum Gasteiger partial charge on any atom is 0.244 e. The van der Waals surface area contributed by atoms with Crippen molar-refractivity contribution in [3.63, 3.8) is 0 Å². The smallest absolute Gasteiger partial charge is 0.244 e. The van der Waals surface area contributed by atoms with Gasteiger partial charge >= 0.3 is 0 Å². The number of nitrogens with zero attached hydrogens (tertiary/aromatic N) is 2. The number of fused-ring (bicyclic) bond motifs is 1. The summed E-state index contributed by atoms with van der Waals surface area (Å²) in [6, 6.07) is 1.55.